The number of carbonyl (C=O) groups is 1. The normalized spacial score (nSPS) is 33.6. The van der Waals surface area contributed by atoms with Crippen molar-refractivity contribution >= 4 is 5.97 Å². The molecule has 0 aromatic heterocycles. The highest BCUT2D eigenvalue weighted by Gasteiger charge is 2.47. The Morgan fingerprint density at radius 3 is 2.55 bits per heavy atom. The molecule has 2 rings (SSSR count). The van der Waals surface area contributed by atoms with Crippen LogP contribution in [0.4, 0.5) is 0 Å². The first-order valence-electron chi connectivity index (χ1n) is 4.09. The summed E-state index contributed by atoms with van der Waals surface area (Å²) in [6.07, 6.45) is 4.03. The average molecular weight is 156 g/mol. The maximum absolute atomic E-state index is 10.5. The second-order valence-corrected chi connectivity index (χ2v) is 3.57. The van der Waals surface area contributed by atoms with E-state index in [9.17, 15) is 4.79 Å². The molecule has 0 bridgehead atoms. The van der Waals surface area contributed by atoms with Gasteiger partial charge < -0.3 is 9.84 Å². The Morgan fingerprint density at radius 1 is 1.45 bits per heavy atom. The molecule has 2 fully saturated rings. The molecule has 1 atom stereocenters. The van der Waals surface area contributed by atoms with Crippen LogP contribution < -0.4 is 0 Å². The number of hydrogen-bond donors (Lipinski definition) is 1. The first-order chi connectivity index (χ1) is 5.22. The van der Waals surface area contributed by atoms with Crippen LogP contribution in [0.25, 0.3) is 0 Å². The van der Waals surface area contributed by atoms with Crippen molar-refractivity contribution in [2.24, 2.45) is 5.92 Å². The van der Waals surface area contributed by atoms with Crippen molar-refractivity contribution in [2.45, 2.75) is 31.3 Å². The Bertz CT molecular complexity index is 174. The van der Waals surface area contributed by atoms with Crippen molar-refractivity contribution in [2.75, 3.05) is 6.61 Å². The number of rotatable bonds is 1. The van der Waals surface area contributed by atoms with Gasteiger partial charge in [-0.25, -0.2) is 0 Å². The van der Waals surface area contributed by atoms with Crippen LogP contribution in [-0.2, 0) is 9.53 Å². The van der Waals surface area contributed by atoms with Crippen LogP contribution in [0.3, 0.4) is 0 Å². The number of ether oxygens (including phenoxy) is 1. The molecule has 3 heteroatoms. The summed E-state index contributed by atoms with van der Waals surface area (Å²) in [6, 6.07) is 0. The number of aliphatic carboxylic acids is 1. The van der Waals surface area contributed by atoms with Crippen molar-refractivity contribution in [1.29, 1.82) is 0 Å². The number of carboxylic acids is 1. The Hall–Kier alpha value is -0.570. The highest BCUT2D eigenvalue weighted by Crippen LogP contribution is 2.47. The van der Waals surface area contributed by atoms with Gasteiger partial charge in [-0.1, -0.05) is 0 Å². The standard InChI is InChI=1S/C8H12O3/c9-7(10)6-1-2-8(3-4-8)11-5-6/h6H,1-5H2,(H,9,10)/t6-/m1/s1. The summed E-state index contributed by atoms with van der Waals surface area (Å²) in [5.41, 5.74) is 0.131. The van der Waals surface area contributed by atoms with Crippen LogP contribution in [0.5, 0.6) is 0 Å². The predicted octanol–water partition coefficient (Wildman–Crippen LogP) is 1.03. The molecular weight excluding hydrogens is 144 g/mol. The maximum Gasteiger partial charge on any atom is 0.308 e. The Labute approximate surface area is 65.4 Å². The molecule has 1 aliphatic heterocycles. The topological polar surface area (TPSA) is 46.5 Å². The largest absolute Gasteiger partial charge is 0.481 e. The summed E-state index contributed by atoms with van der Waals surface area (Å²) in [5.74, 6) is -0.957. The Kier molecular flexibility index (Phi) is 1.42. The van der Waals surface area contributed by atoms with Gasteiger partial charge in [0.05, 0.1) is 18.1 Å². The van der Waals surface area contributed by atoms with Gasteiger partial charge in [0.2, 0.25) is 0 Å². The van der Waals surface area contributed by atoms with Gasteiger partial charge in [-0.15, -0.1) is 0 Å². The smallest absolute Gasteiger partial charge is 0.308 e. The summed E-state index contributed by atoms with van der Waals surface area (Å²) in [7, 11) is 0. The molecule has 0 aromatic rings. The van der Waals surface area contributed by atoms with Gasteiger partial charge in [-0.2, -0.15) is 0 Å². The van der Waals surface area contributed by atoms with Crippen molar-refractivity contribution in [3.63, 3.8) is 0 Å². The molecule has 2 aliphatic rings. The fraction of sp³-hybridized carbons (Fsp3) is 0.875. The quantitative estimate of drug-likeness (QED) is 0.616. The van der Waals surface area contributed by atoms with Gasteiger partial charge in [-0.3, -0.25) is 4.79 Å². The molecule has 1 saturated carbocycles. The lowest BCUT2D eigenvalue weighted by molar-refractivity contribution is -0.149. The van der Waals surface area contributed by atoms with Crippen LogP contribution in [0, 0.1) is 5.92 Å². The molecule has 3 nitrogen and oxygen atoms in total. The molecule has 1 saturated heterocycles. The van der Waals surface area contributed by atoms with E-state index in [1.54, 1.807) is 0 Å². The van der Waals surface area contributed by atoms with E-state index >= 15 is 0 Å². The van der Waals surface area contributed by atoms with Crippen molar-refractivity contribution in [1.82, 2.24) is 0 Å². The zero-order chi connectivity index (χ0) is 7.90. The lowest BCUT2D eigenvalue weighted by Crippen LogP contribution is -2.31. The summed E-state index contributed by atoms with van der Waals surface area (Å²) in [5, 5.41) is 8.65. The van der Waals surface area contributed by atoms with Crippen LogP contribution in [0.1, 0.15) is 25.7 Å². The van der Waals surface area contributed by atoms with Crippen molar-refractivity contribution in [3.8, 4) is 0 Å². The fourth-order valence-corrected chi connectivity index (χ4v) is 1.60. The molecule has 11 heavy (non-hydrogen) atoms. The Balaban J connectivity index is 1.89. The van der Waals surface area contributed by atoms with E-state index in [0.717, 1.165) is 25.7 Å². The second-order valence-electron chi connectivity index (χ2n) is 3.57. The van der Waals surface area contributed by atoms with Gasteiger partial charge in [0.25, 0.3) is 0 Å². The van der Waals surface area contributed by atoms with Crippen LogP contribution >= 0.6 is 0 Å². The third kappa shape index (κ3) is 1.25. The van der Waals surface area contributed by atoms with E-state index in [-0.39, 0.29) is 11.5 Å². The molecular formula is C8H12O3. The lowest BCUT2D eigenvalue weighted by Gasteiger charge is -2.26. The Morgan fingerprint density at radius 2 is 2.18 bits per heavy atom. The lowest BCUT2D eigenvalue weighted by atomic mass is 9.97. The summed E-state index contributed by atoms with van der Waals surface area (Å²) >= 11 is 0. The van der Waals surface area contributed by atoms with E-state index in [1.165, 1.54) is 0 Å². The van der Waals surface area contributed by atoms with E-state index < -0.39 is 5.97 Å². The summed E-state index contributed by atoms with van der Waals surface area (Å²) in [6.45, 7) is 0.426. The van der Waals surface area contributed by atoms with Gasteiger partial charge in [0.1, 0.15) is 0 Å². The first-order valence-corrected chi connectivity index (χ1v) is 4.09. The molecule has 1 N–H and O–H groups in total. The third-order valence-corrected chi connectivity index (χ3v) is 2.70. The molecule has 1 aliphatic carbocycles. The molecule has 0 aromatic carbocycles. The minimum Gasteiger partial charge on any atom is -0.481 e. The highest BCUT2D eigenvalue weighted by atomic mass is 16.5. The van der Waals surface area contributed by atoms with E-state index in [4.69, 9.17) is 9.84 Å². The molecule has 0 unspecified atom stereocenters. The molecule has 0 radical (unpaired) electrons. The zero-order valence-corrected chi connectivity index (χ0v) is 6.38. The fourth-order valence-electron chi connectivity index (χ4n) is 1.60. The van der Waals surface area contributed by atoms with Gasteiger partial charge in [0, 0.05) is 0 Å². The summed E-state index contributed by atoms with van der Waals surface area (Å²) in [4.78, 5) is 10.5. The van der Waals surface area contributed by atoms with Gasteiger partial charge in [0.15, 0.2) is 0 Å². The minimum atomic E-state index is -0.708. The van der Waals surface area contributed by atoms with Gasteiger partial charge in [-0.05, 0) is 25.7 Å². The predicted molar refractivity (Wildman–Crippen MR) is 38.3 cm³/mol. The monoisotopic (exact) mass is 156 g/mol. The number of hydrogen-bond acceptors (Lipinski definition) is 2. The average Bonchev–Trinajstić information content (AvgIpc) is 2.70. The van der Waals surface area contributed by atoms with Crippen molar-refractivity contribution < 1.29 is 14.6 Å². The van der Waals surface area contributed by atoms with Crippen LogP contribution in [0.2, 0.25) is 0 Å². The van der Waals surface area contributed by atoms with E-state index in [0.29, 0.717) is 6.61 Å². The van der Waals surface area contributed by atoms with Crippen LogP contribution in [0.15, 0.2) is 0 Å². The van der Waals surface area contributed by atoms with E-state index in [1.807, 2.05) is 0 Å². The minimum absolute atomic E-state index is 0.131. The summed E-state index contributed by atoms with van der Waals surface area (Å²) < 4.78 is 5.47. The SMILES string of the molecule is O=C(O)[C@@H]1CCC2(CC2)OC1. The van der Waals surface area contributed by atoms with Crippen LogP contribution in [-0.4, -0.2) is 23.3 Å². The first kappa shape index (κ1) is 7.10. The van der Waals surface area contributed by atoms with Crippen molar-refractivity contribution in [3.05, 3.63) is 0 Å². The van der Waals surface area contributed by atoms with E-state index in [2.05, 4.69) is 0 Å². The van der Waals surface area contributed by atoms with Gasteiger partial charge >= 0.3 is 5.97 Å². The third-order valence-electron chi connectivity index (χ3n) is 2.70. The molecule has 1 spiro atoms. The second kappa shape index (κ2) is 2.21. The molecule has 0 amide bonds. The molecule has 1 heterocycles. The molecule has 62 valence electrons. The number of carboxylic acid groups (broad SMARTS) is 1. The highest BCUT2D eigenvalue weighted by molar-refractivity contribution is 5.70. The maximum atomic E-state index is 10.5. The zero-order valence-electron chi connectivity index (χ0n) is 6.38.